The highest BCUT2D eigenvalue weighted by Crippen LogP contribution is 2.37. The van der Waals surface area contributed by atoms with Gasteiger partial charge in [0, 0.05) is 79.9 Å². The number of hydrogen-bond acceptors (Lipinski definition) is 6. The number of para-hydroxylation sites is 2. The molecule has 0 spiro atoms. The second-order valence-electron chi connectivity index (χ2n) is 13.9. The number of pyridine rings is 4. The number of rotatable bonds is 4. The van der Waals surface area contributed by atoms with Crippen LogP contribution in [0, 0.1) is 41.3 Å². The van der Waals surface area contributed by atoms with Gasteiger partial charge < -0.3 is 8.83 Å². The number of nitrogens with zero attached hydrogens (tertiary/aromatic N) is 4. The Bertz CT molecular complexity index is 3420. The van der Waals surface area contributed by atoms with E-state index in [1.54, 1.807) is 30.3 Å². The van der Waals surface area contributed by atoms with Crippen LogP contribution < -0.4 is 0 Å². The summed E-state index contributed by atoms with van der Waals surface area (Å²) in [6, 6.07) is 36.9. The summed E-state index contributed by atoms with van der Waals surface area (Å²) in [6.07, 6.45) is 3.41. The molecule has 56 heavy (non-hydrogen) atoms. The summed E-state index contributed by atoms with van der Waals surface area (Å²) in [5.41, 5.74) is 11.6. The van der Waals surface area contributed by atoms with Crippen LogP contribution in [-0.4, -0.2) is 19.9 Å². The molecule has 6 heteroatoms. The van der Waals surface area contributed by atoms with E-state index in [2.05, 4.69) is 83.4 Å². The van der Waals surface area contributed by atoms with Gasteiger partial charge in [-0.1, -0.05) is 83.9 Å². The summed E-state index contributed by atoms with van der Waals surface area (Å²) in [5.74, 6) is 0. The Hall–Kier alpha value is -6.92. The molecular weight excluding hydrogens is 689 g/mol. The van der Waals surface area contributed by atoms with Crippen LogP contribution in [0.2, 0.25) is 0 Å². The van der Waals surface area contributed by atoms with Crippen molar-refractivity contribution in [2.75, 3.05) is 0 Å². The summed E-state index contributed by atoms with van der Waals surface area (Å²) >= 11 is 0. The molecule has 10 rings (SSSR count). The van der Waals surface area contributed by atoms with Gasteiger partial charge in [-0.15, -0.1) is 0 Å². The minimum Gasteiger partial charge on any atom is -0.437 e. The molecule has 272 valence electrons. The number of hydrogen-bond donors (Lipinski definition) is 0. The quantitative estimate of drug-likeness (QED) is 0.179. The fraction of sp³-hybridized carbons (Fsp3) is 0.120. The van der Waals surface area contributed by atoms with Gasteiger partial charge in [-0.25, -0.2) is 9.97 Å². The van der Waals surface area contributed by atoms with Crippen LogP contribution in [0.5, 0.6) is 0 Å². The molecule has 0 radical (unpaired) electrons. The molecule has 6 heterocycles. The monoisotopic (exact) mass is 737 g/mol. The molecule has 0 unspecified atom stereocenters. The molecule has 10 aromatic rings. The SMILES string of the molecule is Cc1ccc(-c2cnc(-c3cccc4c3oc3nc(C)ccc34)cc2C)cc1.[2H]C([2H])([2H])c1ccc(-c2cnc(-c3cccc4c3oc3nc(C([2H])([2H])[2H])ccc34)cc2C([2H])([2H])[2H])cc1. The van der Waals surface area contributed by atoms with Crippen LogP contribution in [0.3, 0.4) is 0 Å². The van der Waals surface area contributed by atoms with E-state index in [1.165, 1.54) is 47.2 Å². The maximum absolute atomic E-state index is 8.13. The van der Waals surface area contributed by atoms with E-state index >= 15 is 0 Å². The van der Waals surface area contributed by atoms with Crippen molar-refractivity contribution in [2.45, 2.75) is 41.3 Å². The molecule has 0 saturated carbocycles. The Balaban J connectivity index is 0.000000170. The van der Waals surface area contributed by atoms with Crippen molar-refractivity contribution in [1.82, 2.24) is 19.9 Å². The highest BCUT2D eigenvalue weighted by molar-refractivity contribution is 6.09. The van der Waals surface area contributed by atoms with Crippen molar-refractivity contribution in [1.29, 1.82) is 0 Å². The standard InChI is InChI=1S/2C25H20N2O/c2*1-15-7-10-18(11-8-15)22-14-26-23(13-16(22)2)21-6-4-5-19-20-12-9-17(3)27-25(20)28-24(19)21/h2*4-14H,1-3H3/i1D3,2D3,3D3;. The Morgan fingerprint density at radius 2 is 0.964 bits per heavy atom. The topological polar surface area (TPSA) is 77.8 Å². The molecule has 0 aliphatic rings. The van der Waals surface area contributed by atoms with E-state index in [4.69, 9.17) is 26.2 Å². The predicted octanol–water partition coefficient (Wildman–Crippen LogP) is 13.3. The van der Waals surface area contributed by atoms with Crippen molar-refractivity contribution >= 4 is 44.1 Å². The molecule has 0 aliphatic carbocycles. The van der Waals surface area contributed by atoms with Crippen LogP contribution in [0.1, 0.15) is 46.0 Å². The number of fused-ring (bicyclic) bond motifs is 6. The first-order valence-corrected chi connectivity index (χ1v) is 18.1. The Kier molecular flexibility index (Phi) is 6.52. The Morgan fingerprint density at radius 3 is 1.50 bits per heavy atom. The molecule has 0 atom stereocenters. The second kappa shape index (κ2) is 14.1. The predicted molar refractivity (Wildman–Crippen MR) is 229 cm³/mol. The number of aryl methyl sites for hydroxylation is 6. The average molecular weight is 738 g/mol. The normalized spacial score (nSPS) is 14.4. The lowest BCUT2D eigenvalue weighted by Gasteiger charge is -2.09. The van der Waals surface area contributed by atoms with Gasteiger partial charge in [0.25, 0.3) is 0 Å². The van der Waals surface area contributed by atoms with Crippen molar-refractivity contribution in [2.24, 2.45) is 0 Å². The van der Waals surface area contributed by atoms with Gasteiger partial charge in [0.15, 0.2) is 0 Å². The van der Waals surface area contributed by atoms with E-state index in [1.807, 2.05) is 25.3 Å². The Labute approximate surface area is 338 Å². The molecule has 0 amide bonds. The minimum atomic E-state index is -2.48. The van der Waals surface area contributed by atoms with E-state index < -0.39 is 20.6 Å². The fourth-order valence-electron chi connectivity index (χ4n) is 7.07. The maximum atomic E-state index is 8.13. The minimum absolute atomic E-state index is 0.0510. The van der Waals surface area contributed by atoms with Gasteiger partial charge in [0.2, 0.25) is 11.4 Å². The van der Waals surface area contributed by atoms with E-state index in [0.29, 0.717) is 44.5 Å². The van der Waals surface area contributed by atoms with Crippen molar-refractivity contribution in [3.05, 3.63) is 167 Å². The van der Waals surface area contributed by atoms with Crippen molar-refractivity contribution < 1.29 is 21.2 Å². The van der Waals surface area contributed by atoms with Crippen LogP contribution in [0.25, 0.3) is 88.9 Å². The molecule has 6 aromatic heterocycles. The molecule has 0 aliphatic heterocycles. The largest absolute Gasteiger partial charge is 0.437 e. The van der Waals surface area contributed by atoms with Crippen molar-refractivity contribution in [3.8, 4) is 44.8 Å². The first kappa shape index (κ1) is 26.0. The van der Waals surface area contributed by atoms with Gasteiger partial charge in [0.05, 0.1) is 11.4 Å². The molecule has 0 saturated heterocycles. The van der Waals surface area contributed by atoms with Crippen LogP contribution >= 0.6 is 0 Å². The van der Waals surface area contributed by atoms with Gasteiger partial charge in [-0.3, -0.25) is 9.97 Å². The molecule has 0 fully saturated rings. The third kappa shape index (κ3) is 6.39. The Morgan fingerprint density at radius 1 is 0.446 bits per heavy atom. The summed E-state index contributed by atoms with van der Waals surface area (Å²) < 4.78 is 82.0. The van der Waals surface area contributed by atoms with Gasteiger partial charge >= 0.3 is 0 Å². The van der Waals surface area contributed by atoms with Crippen LogP contribution in [-0.2, 0) is 0 Å². The lowest BCUT2D eigenvalue weighted by Crippen LogP contribution is -1.90. The van der Waals surface area contributed by atoms with Gasteiger partial charge in [-0.05, 0) is 112 Å². The molecule has 0 N–H and O–H groups in total. The third-order valence-corrected chi connectivity index (χ3v) is 9.99. The summed E-state index contributed by atoms with van der Waals surface area (Å²) in [6.45, 7) is -0.927. The smallest absolute Gasteiger partial charge is 0.227 e. The first-order chi connectivity index (χ1) is 30.8. The van der Waals surface area contributed by atoms with Crippen LogP contribution in [0.15, 0.2) is 143 Å². The van der Waals surface area contributed by atoms with Gasteiger partial charge in [-0.2, -0.15) is 0 Å². The lowest BCUT2D eigenvalue weighted by molar-refractivity contribution is 0.653. The zero-order chi connectivity index (χ0) is 46.0. The van der Waals surface area contributed by atoms with Crippen molar-refractivity contribution in [3.63, 3.8) is 0 Å². The number of aromatic nitrogens is 4. The second-order valence-corrected chi connectivity index (χ2v) is 13.9. The fourth-order valence-corrected chi connectivity index (χ4v) is 7.07. The summed E-state index contributed by atoms with van der Waals surface area (Å²) in [5, 5.41) is 3.43. The van der Waals surface area contributed by atoms with E-state index in [9.17, 15) is 0 Å². The first-order valence-electron chi connectivity index (χ1n) is 22.6. The zero-order valence-electron chi connectivity index (χ0n) is 39.8. The highest BCUT2D eigenvalue weighted by Gasteiger charge is 2.17. The molecule has 4 aromatic carbocycles. The molecule has 0 bridgehead atoms. The molecular formula is C50H40N4O2. The lowest BCUT2D eigenvalue weighted by atomic mass is 9.99. The van der Waals surface area contributed by atoms with Gasteiger partial charge in [0.1, 0.15) is 11.2 Å². The molecule has 6 nitrogen and oxygen atoms in total. The third-order valence-electron chi connectivity index (χ3n) is 9.99. The summed E-state index contributed by atoms with van der Waals surface area (Å²) in [7, 11) is 0. The zero-order valence-corrected chi connectivity index (χ0v) is 30.8. The highest BCUT2D eigenvalue weighted by atomic mass is 16.3. The van der Waals surface area contributed by atoms with Crippen LogP contribution in [0.4, 0.5) is 0 Å². The number of furan rings is 2. The summed E-state index contributed by atoms with van der Waals surface area (Å²) in [4.78, 5) is 18.0. The average Bonchev–Trinajstić information content (AvgIpc) is 3.84. The maximum Gasteiger partial charge on any atom is 0.227 e. The van der Waals surface area contributed by atoms with E-state index in [-0.39, 0.29) is 22.5 Å². The van der Waals surface area contributed by atoms with E-state index in [0.717, 1.165) is 38.9 Å². The number of benzene rings is 4.